The SMILES string of the molecule is COC(C)CNCCCC1CCCO1. The van der Waals surface area contributed by atoms with Gasteiger partial charge in [-0.15, -0.1) is 0 Å². The molecule has 2 atom stereocenters. The Morgan fingerprint density at radius 2 is 2.43 bits per heavy atom. The van der Waals surface area contributed by atoms with Crippen LogP contribution in [-0.2, 0) is 9.47 Å². The van der Waals surface area contributed by atoms with Crippen LogP contribution in [0.25, 0.3) is 0 Å². The van der Waals surface area contributed by atoms with Crippen LogP contribution in [0.1, 0.15) is 32.6 Å². The summed E-state index contributed by atoms with van der Waals surface area (Å²) in [7, 11) is 1.75. The molecule has 14 heavy (non-hydrogen) atoms. The van der Waals surface area contributed by atoms with Crippen molar-refractivity contribution in [2.45, 2.75) is 44.8 Å². The summed E-state index contributed by atoms with van der Waals surface area (Å²) in [5, 5.41) is 3.38. The monoisotopic (exact) mass is 201 g/mol. The summed E-state index contributed by atoms with van der Waals surface area (Å²) in [4.78, 5) is 0. The number of methoxy groups -OCH3 is 1. The first-order valence-electron chi connectivity index (χ1n) is 5.68. The van der Waals surface area contributed by atoms with Gasteiger partial charge in [0.25, 0.3) is 0 Å². The van der Waals surface area contributed by atoms with E-state index in [9.17, 15) is 0 Å². The van der Waals surface area contributed by atoms with Gasteiger partial charge in [-0.2, -0.15) is 0 Å². The summed E-state index contributed by atoms with van der Waals surface area (Å²) in [6.07, 6.45) is 5.78. The predicted molar refractivity (Wildman–Crippen MR) is 57.5 cm³/mol. The molecule has 1 heterocycles. The van der Waals surface area contributed by atoms with Gasteiger partial charge in [-0.25, -0.2) is 0 Å². The fraction of sp³-hybridized carbons (Fsp3) is 1.00. The van der Waals surface area contributed by atoms with Crippen molar-refractivity contribution in [3.8, 4) is 0 Å². The summed E-state index contributed by atoms with van der Waals surface area (Å²) < 4.78 is 10.7. The van der Waals surface area contributed by atoms with Crippen LogP contribution in [-0.4, -0.2) is 39.0 Å². The zero-order chi connectivity index (χ0) is 10.2. The summed E-state index contributed by atoms with van der Waals surface area (Å²) >= 11 is 0. The highest BCUT2D eigenvalue weighted by Crippen LogP contribution is 2.16. The number of ether oxygens (including phenoxy) is 2. The Labute approximate surface area is 87.2 Å². The van der Waals surface area contributed by atoms with E-state index in [1.54, 1.807) is 7.11 Å². The maximum Gasteiger partial charge on any atom is 0.0667 e. The normalized spacial score (nSPS) is 24.0. The lowest BCUT2D eigenvalue weighted by Gasteiger charge is -2.12. The largest absolute Gasteiger partial charge is 0.380 e. The van der Waals surface area contributed by atoms with E-state index in [-0.39, 0.29) is 0 Å². The molecule has 3 nitrogen and oxygen atoms in total. The van der Waals surface area contributed by atoms with Gasteiger partial charge in [0.1, 0.15) is 0 Å². The van der Waals surface area contributed by atoms with Crippen molar-refractivity contribution in [3.63, 3.8) is 0 Å². The summed E-state index contributed by atoms with van der Waals surface area (Å²) in [6, 6.07) is 0. The zero-order valence-electron chi connectivity index (χ0n) is 9.42. The molecule has 3 heteroatoms. The molecule has 0 aromatic carbocycles. The number of hydrogen-bond donors (Lipinski definition) is 1. The Morgan fingerprint density at radius 1 is 1.57 bits per heavy atom. The van der Waals surface area contributed by atoms with Gasteiger partial charge < -0.3 is 14.8 Å². The van der Waals surface area contributed by atoms with Crippen LogP contribution >= 0.6 is 0 Å². The van der Waals surface area contributed by atoms with Crippen LogP contribution in [0.4, 0.5) is 0 Å². The van der Waals surface area contributed by atoms with Crippen LogP contribution in [0.15, 0.2) is 0 Å². The van der Waals surface area contributed by atoms with Crippen LogP contribution in [0.5, 0.6) is 0 Å². The highest BCUT2D eigenvalue weighted by Gasteiger charge is 2.14. The fourth-order valence-corrected chi connectivity index (χ4v) is 1.72. The van der Waals surface area contributed by atoms with E-state index < -0.39 is 0 Å². The molecular weight excluding hydrogens is 178 g/mol. The minimum Gasteiger partial charge on any atom is -0.380 e. The van der Waals surface area contributed by atoms with E-state index in [0.29, 0.717) is 12.2 Å². The standard InChI is InChI=1S/C11H23NO2/c1-10(13-2)9-12-7-3-5-11-6-4-8-14-11/h10-12H,3-9H2,1-2H3. The smallest absolute Gasteiger partial charge is 0.0667 e. The molecule has 0 aromatic rings. The Balaban J connectivity index is 1.84. The van der Waals surface area contributed by atoms with Gasteiger partial charge in [0, 0.05) is 20.3 Å². The maximum atomic E-state index is 5.55. The van der Waals surface area contributed by atoms with Crippen molar-refractivity contribution in [2.75, 3.05) is 26.8 Å². The Bertz CT molecular complexity index is 135. The molecule has 84 valence electrons. The summed E-state index contributed by atoms with van der Waals surface area (Å²) in [5.74, 6) is 0. The van der Waals surface area contributed by atoms with Crippen LogP contribution in [0, 0.1) is 0 Å². The van der Waals surface area contributed by atoms with E-state index in [1.165, 1.54) is 25.7 Å². The minimum atomic E-state index is 0.317. The summed E-state index contributed by atoms with van der Waals surface area (Å²) in [5.41, 5.74) is 0. The van der Waals surface area contributed by atoms with Crippen LogP contribution < -0.4 is 5.32 Å². The molecule has 0 amide bonds. The van der Waals surface area contributed by atoms with Gasteiger partial charge in [-0.05, 0) is 39.2 Å². The van der Waals surface area contributed by atoms with Crippen molar-refractivity contribution in [2.24, 2.45) is 0 Å². The van der Waals surface area contributed by atoms with Gasteiger partial charge in [-0.1, -0.05) is 0 Å². The van der Waals surface area contributed by atoms with E-state index in [2.05, 4.69) is 12.2 Å². The van der Waals surface area contributed by atoms with E-state index in [1.807, 2.05) is 0 Å². The van der Waals surface area contributed by atoms with Gasteiger partial charge >= 0.3 is 0 Å². The van der Waals surface area contributed by atoms with Crippen molar-refractivity contribution in [3.05, 3.63) is 0 Å². The third-order valence-corrected chi connectivity index (χ3v) is 2.74. The van der Waals surface area contributed by atoms with Gasteiger partial charge in [0.15, 0.2) is 0 Å². The van der Waals surface area contributed by atoms with Crippen molar-refractivity contribution in [1.82, 2.24) is 5.32 Å². The van der Waals surface area contributed by atoms with E-state index in [4.69, 9.17) is 9.47 Å². The zero-order valence-corrected chi connectivity index (χ0v) is 9.42. The quantitative estimate of drug-likeness (QED) is 0.634. The highest BCUT2D eigenvalue weighted by molar-refractivity contribution is 4.65. The first kappa shape index (κ1) is 12.0. The van der Waals surface area contributed by atoms with Crippen molar-refractivity contribution in [1.29, 1.82) is 0 Å². The van der Waals surface area contributed by atoms with E-state index >= 15 is 0 Å². The van der Waals surface area contributed by atoms with Crippen molar-refractivity contribution >= 4 is 0 Å². The van der Waals surface area contributed by atoms with Gasteiger partial charge in [0.2, 0.25) is 0 Å². The fourth-order valence-electron chi connectivity index (χ4n) is 1.72. The topological polar surface area (TPSA) is 30.5 Å². The third kappa shape index (κ3) is 4.94. The van der Waals surface area contributed by atoms with Crippen LogP contribution in [0.3, 0.4) is 0 Å². The molecule has 1 aliphatic rings. The molecule has 0 saturated carbocycles. The number of nitrogens with one attached hydrogen (secondary N) is 1. The Kier molecular flexibility index (Phi) is 6.15. The Hall–Kier alpha value is -0.120. The predicted octanol–water partition coefficient (Wildman–Crippen LogP) is 1.57. The molecule has 1 N–H and O–H groups in total. The van der Waals surface area contributed by atoms with Crippen molar-refractivity contribution < 1.29 is 9.47 Å². The first-order chi connectivity index (χ1) is 6.83. The maximum absolute atomic E-state index is 5.55. The van der Waals surface area contributed by atoms with Gasteiger partial charge in [0.05, 0.1) is 12.2 Å². The lowest BCUT2D eigenvalue weighted by atomic mass is 10.1. The lowest BCUT2D eigenvalue weighted by Crippen LogP contribution is -2.27. The number of rotatable bonds is 7. The molecule has 0 aliphatic carbocycles. The highest BCUT2D eigenvalue weighted by atomic mass is 16.5. The second-order valence-electron chi connectivity index (χ2n) is 4.03. The second-order valence-corrected chi connectivity index (χ2v) is 4.03. The summed E-state index contributed by atoms with van der Waals surface area (Å²) in [6.45, 7) is 5.07. The molecule has 0 bridgehead atoms. The molecule has 1 saturated heterocycles. The lowest BCUT2D eigenvalue weighted by molar-refractivity contribution is 0.100. The molecule has 1 fully saturated rings. The molecular formula is C11H23NO2. The Morgan fingerprint density at radius 3 is 3.07 bits per heavy atom. The third-order valence-electron chi connectivity index (χ3n) is 2.74. The van der Waals surface area contributed by atoms with Crippen LogP contribution in [0.2, 0.25) is 0 Å². The minimum absolute atomic E-state index is 0.317. The molecule has 0 aromatic heterocycles. The molecule has 2 unspecified atom stereocenters. The molecule has 0 radical (unpaired) electrons. The first-order valence-corrected chi connectivity index (χ1v) is 5.68. The van der Waals surface area contributed by atoms with Gasteiger partial charge in [-0.3, -0.25) is 0 Å². The average molecular weight is 201 g/mol. The second kappa shape index (κ2) is 7.21. The average Bonchev–Trinajstić information content (AvgIpc) is 2.69. The molecule has 0 spiro atoms. The number of hydrogen-bond acceptors (Lipinski definition) is 3. The van der Waals surface area contributed by atoms with E-state index in [0.717, 1.165) is 19.7 Å². The molecule has 1 aliphatic heterocycles. The molecule has 1 rings (SSSR count).